The molecule has 0 atom stereocenters. The second-order valence-electron chi connectivity index (χ2n) is 5.05. The minimum Gasteiger partial charge on any atom is -0.207 e. The molecular formula is C17H13F2NO2S. The van der Waals surface area contributed by atoms with Crippen LogP contribution in [0.1, 0.15) is 5.56 Å². The van der Waals surface area contributed by atoms with Crippen molar-refractivity contribution in [2.75, 3.05) is 0 Å². The van der Waals surface area contributed by atoms with Crippen molar-refractivity contribution in [3.8, 4) is 0 Å². The summed E-state index contributed by atoms with van der Waals surface area (Å²) in [6.07, 6.45) is 0. The molecule has 3 aromatic rings. The Bertz CT molecular complexity index is 966. The molecule has 0 saturated heterocycles. The zero-order valence-corrected chi connectivity index (χ0v) is 12.8. The van der Waals surface area contributed by atoms with Gasteiger partial charge < -0.3 is 0 Å². The van der Waals surface area contributed by atoms with Crippen molar-refractivity contribution in [1.82, 2.24) is 4.72 Å². The predicted octanol–water partition coefficient (Wildman–Crippen LogP) is 3.60. The lowest BCUT2D eigenvalue weighted by Gasteiger charge is -2.10. The van der Waals surface area contributed by atoms with Gasteiger partial charge in [0.2, 0.25) is 10.0 Å². The summed E-state index contributed by atoms with van der Waals surface area (Å²) in [5.41, 5.74) is 0.340. The van der Waals surface area contributed by atoms with Gasteiger partial charge in [-0.25, -0.2) is 21.9 Å². The van der Waals surface area contributed by atoms with Crippen LogP contribution in [0.5, 0.6) is 0 Å². The first kappa shape index (κ1) is 15.6. The second-order valence-corrected chi connectivity index (χ2v) is 6.79. The number of hydrogen-bond donors (Lipinski definition) is 1. The minimum absolute atomic E-state index is 0.122. The molecule has 0 aliphatic carbocycles. The van der Waals surface area contributed by atoms with Gasteiger partial charge >= 0.3 is 0 Å². The van der Waals surface area contributed by atoms with E-state index in [4.69, 9.17) is 0 Å². The van der Waals surface area contributed by atoms with Crippen molar-refractivity contribution < 1.29 is 17.2 Å². The highest BCUT2D eigenvalue weighted by atomic mass is 32.2. The number of benzene rings is 3. The van der Waals surface area contributed by atoms with Crippen molar-refractivity contribution in [2.45, 2.75) is 11.4 Å². The first-order valence-electron chi connectivity index (χ1n) is 6.89. The molecule has 3 aromatic carbocycles. The molecule has 0 aliphatic rings. The van der Waals surface area contributed by atoms with Crippen LogP contribution in [0, 0.1) is 11.6 Å². The Kier molecular flexibility index (Phi) is 4.11. The van der Waals surface area contributed by atoms with Crippen LogP contribution in [0.15, 0.2) is 65.6 Å². The van der Waals surface area contributed by atoms with Gasteiger partial charge in [-0.1, -0.05) is 42.5 Å². The van der Waals surface area contributed by atoms with E-state index in [1.54, 1.807) is 18.2 Å². The zero-order chi connectivity index (χ0) is 16.4. The fourth-order valence-electron chi connectivity index (χ4n) is 2.34. The maximum Gasteiger partial charge on any atom is 0.241 e. The molecule has 0 fully saturated rings. The summed E-state index contributed by atoms with van der Waals surface area (Å²) in [5.74, 6) is -1.97. The smallest absolute Gasteiger partial charge is 0.207 e. The average molecular weight is 333 g/mol. The molecular weight excluding hydrogens is 320 g/mol. The zero-order valence-electron chi connectivity index (χ0n) is 12.0. The van der Waals surface area contributed by atoms with E-state index in [-0.39, 0.29) is 11.4 Å². The van der Waals surface area contributed by atoms with Gasteiger partial charge in [0, 0.05) is 11.9 Å². The van der Waals surface area contributed by atoms with Crippen LogP contribution in [-0.4, -0.2) is 8.42 Å². The van der Waals surface area contributed by atoms with Crippen LogP contribution in [0.4, 0.5) is 8.78 Å². The number of halogens is 2. The number of sulfonamides is 1. The molecule has 0 amide bonds. The molecule has 0 aliphatic heterocycles. The van der Waals surface area contributed by atoms with Crippen LogP contribution in [-0.2, 0) is 16.6 Å². The molecule has 0 bridgehead atoms. The summed E-state index contributed by atoms with van der Waals surface area (Å²) in [5, 5.41) is 1.41. The van der Waals surface area contributed by atoms with E-state index in [1.165, 1.54) is 12.1 Å². The molecule has 0 aromatic heterocycles. The Morgan fingerprint density at radius 3 is 2.39 bits per heavy atom. The lowest BCUT2D eigenvalue weighted by atomic mass is 10.1. The van der Waals surface area contributed by atoms with Crippen LogP contribution >= 0.6 is 0 Å². The predicted molar refractivity (Wildman–Crippen MR) is 84.3 cm³/mol. The first-order valence-corrected chi connectivity index (χ1v) is 8.37. The molecule has 118 valence electrons. The topological polar surface area (TPSA) is 46.2 Å². The lowest BCUT2D eigenvalue weighted by Crippen LogP contribution is -2.23. The fraction of sp³-hybridized carbons (Fsp3) is 0.0588. The summed E-state index contributed by atoms with van der Waals surface area (Å²) in [4.78, 5) is 0.151. The van der Waals surface area contributed by atoms with E-state index in [0.29, 0.717) is 10.9 Å². The van der Waals surface area contributed by atoms with E-state index in [0.717, 1.165) is 17.5 Å². The number of nitrogens with one attached hydrogen (secondary N) is 1. The van der Waals surface area contributed by atoms with E-state index in [9.17, 15) is 17.2 Å². The van der Waals surface area contributed by atoms with Crippen molar-refractivity contribution in [3.63, 3.8) is 0 Å². The Hall–Kier alpha value is -2.31. The highest BCUT2D eigenvalue weighted by Gasteiger charge is 2.17. The third-order valence-corrected chi connectivity index (χ3v) is 4.95. The third-order valence-electron chi connectivity index (χ3n) is 3.49. The summed E-state index contributed by atoms with van der Waals surface area (Å²) in [6.45, 7) is -0.122. The summed E-state index contributed by atoms with van der Waals surface area (Å²) in [6, 6.07) is 15.4. The Labute approximate surface area is 132 Å². The van der Waals surface area contributed by atoms with E-state index >= 15 is 0 Å². The van der Waals surface area contributed by atoms with Gasteiger partial charge in [-0.15, -0.1) is 0 Å². The highest BCUT2D eigenvalue weighted by Crippen LogP contribution is 2.22. The van der Waals surface area contributed by atoms with Crippen LogP contribution in [0.25, 0.3) is 10.8 Å². The number of fused-ring (bicyclic) bond motifs is 1. The molecule has 6 heteroatoms. The maximum atomic E-state index is 13.2. The molecule has 3 nitrogen and oxygen atoms in total. The van der Waals surface area contributed by atoms with Gasteiger partial charge in [0.1, 0.15) is 0 Å². The van der Waals surface area contributed by atoms with E-state index < -0.39 is 21.7 Å². The standard InChI is InChI=1S/C17H13F2NO2S/c18-15-9-8-12(10-16(15)19)11-20-23(21,22)17-7-3-5-13-4-1-2-6-14(13)17/h1-10,20H,11H2. The van der Waals surface area contributed by atoms with E-state index in [2.05, 4.69) is 4.72 Å². The fourth-order valence-corrected chi connectivity index (χ4v) is 3.58. The molecule has 0 saturated carbocycles. The van der Waals surface area contributed by atoms with Gasteiger partial charge in [-0.05, 0) is 29.1 Å². The van der Waals surface area contributed by atoms with Crippen molar-refractivity contribution in [1.29, 1.82) is 0 Å². The van der Waals surface area contributed by atoms with Crippen LogP contribution in [0.2, 0.25) is 0 Å². The monoisotopic (exact) mass is 333 g/mol. The van der Waals surface area contributed by atoms with Crippen LogP contribution < -0.4 is 4.72 Å². The summed E-state index contributed by atoms with van der Waals surface area (Å²) >= 11 is 0. The molecule has 0 radical (unpaired) electrons. The Morgan fingerprint density at radius 2 is 1.61 bits per heavy atom. The van der Waals surface area contributed by atoms with Crippen molar-refractivity contribution in [2.24, 2.45) is 0 Å². The summed E-state index contributed by atoms with van der Waals surface area (Å²) in [7, 11) is -3.77. The van der Waals surface area contributed by atoms with Gasteiger partial charge in [-0.3, -0.25) is 0 Å². The maximum absolute atomic E-state index is 13.2. The van der Waals surface area contributed by atoms with Gasteiger partial charge in [0.15, 0.2) is 11.6 Å². The largest absolute Gasteiger partial charge is 0.241 e. The van der Waals surface area contributed by atoms with Crippen LogP contribution in [0.3, 0.4) is 0 Å². The molecule has 3 rings (SSSR count). The van der Waals surface area contributed by atoms with Crippen molar-refractivity contribution >= 4 is 20.8 Å². The lowest BCUT2D eigenvalue weighted by molar-refractivity contribution is 0.506. The molecule has 23 heavy (non-hydrogen) atoms. The number of hydrogen-bond acceptors (Lipinski definition) is 2. The van der Waals surface area contributed by atoms with E-state index in [1.807, 2.05) is 18.2 Å². The first-order chi connectivity index (χ1) is 11.0. The highest BCUT2D eigenvalue weighted by molar-refractivity contribution is 7.89. The normalized spacial score (nSPS) is 11.7. The molecule has 0 heterocycles. The SMILES string of the molecule is O=S(=O)(NCc1ccc(F)c(F)c1)c1cccc2ccccc12. The second kappa shape index (κ2) is 6.06. The minimum atomic E-state index is -3.77. The number of rotatable bonds is 4. The quantitative estimate of drug-likeness (QED) is 0.793. The molecule has 0 spiro atoms. The van der Waals surface area contributed by atoms with Crippen molar-refractivity contribution in [3.05, 3.63) is 77.9 Å². The Morgan fingerprint density at radius 1 is 0.870 bits per heavy atom. The summed E-state index contributed by atoms with van der Waals surface area (Å²) < 4.78 is 53.5. The van der Waals surface area contributed by atoms with Gasteiger partial charge in [-0.2, -0.15) is 0 Å². The molecule has 0 unspecified atom stereocenters. The average Bonchev–Trinajstić information content (AvgIpc) is 2.55. The van der Waals surface area contributed by atoms with Gasteiger partial charge in [0.05, 0.1) is 4.90 Å². The van der Waals surface area contributed by atoms with Gasteiger partial charge in [0.25, 0.3) is 0 Å². The third kappa shape index (κ3) is 3.23. The Balaban J connectivity index is 1.90. The molecule has 1 N–H and O–H groups in total.